The zero-order valence-corrected chi connectivity index (χ0v) is 34.4. The van der Waals surface area contributed by atoms with Crippen LogP contribution in [0.4, 0.5) is 4.79 Å². The number of likely N-dealkylation sites (tertiary alicyclic amines) is 2. The summed E-state index contributed by atoms with van der Waals surface area (Å²) in [5, 5.41) is 11.6. The molecule has 3 heterocycles. The molecule has 0 aromatic heterocycles. The second kappa shape index (κ2) is 18.8. The van der Waals surface area contributed by atoms with Gasteiger partial charge in [0.15, 0.2) is 11.5 Å². The molecule has 3 aliphatic rings. The lowest BCUT2D eigenvalue weighted by Crippen LogP contribution is -2.60. The number of likely N-dealkylation sites (N-methyl/N-ethyl adjacent to an activating group) is 2. The Balaban J connectivity index is 0.000000532. The molecule has 300 valence electrons. The molecule has 3 aliphatic heterocycles. The third-order valence-corrected chi connectivity index (χ3v) is 12.1. The number of methoxy groups -OCH3 is 3. The molecule has 0 spiro atoms. The maximum atomic E-state index is 14.1. The average molecular weight is 821 g/mol. The fraction of sp³-hybridized carbons (Fsp3) is 0.475. The second-order valence-corrected chi connectivity index (χ2v) is 15.0. The number of rotatable bonds is 9. The number of carboxylic acid groups (broad SMARTS) is 1. The van der Waals surface area contributed by atoms with E-state index in [1.165, 1.54) is 21.3 Å². The standard InChI is InChI=1S/C34H38Cl2N2O6.C6H13N3O.ClH/c1-5-37-15-13-33(32(40)41,23-9-7-6-8-10-23)20-29(37)34(24-11-12-25(35)26(36)19-24)14-16-38(21-34)31(39)22-17-27(42-2)30(44-4)28(18-22)43-3;1-8-2-4-9(5-3-8)6(7)10;/h6-12,17-19,29H,5,13-16,20-21H2,1-4H3,(H,40,41);2-5H2,1H3,(H2,7,10);1H. The average Bonchev–Trinajstić information content (AvgIpc) is 3.65. The number of carbonyl (C=O) groups excluding carboxylic acids is 2. The minimum Gasteiger partial charge on any atom is -0.493 e. The van der Waals surface area contributed by atoms with E-state index in [0.29, 0.717) is 71.8 Å². The molecule has 3 aromatic rings. The summed E-state index contributed by atoms with van der Waals surface area (Å²) in [6.45, 7) is 7.68. The Bertz CT molecular complexity index is 1790. The topological polar surface area (TPSA) is 138 Å². The molecular weight excluding hydrogens is 769 g/mol. The third-order valence-electron chi connectivity index (χ3n) is 11.4. The molecule has 15 heteroatoms. The van der Waals surface area contributed by atoms with E-state index in [4.69, 9.17) is 43.1 Å². The number of piperazine rings is 1. The highest BCUT2D eigenvalue weighted by Crippen LogP contribution is 2.50. The lowest BCUT2D eigenvalue weighted by molar-refractivity contribution is -0.147. The van der Waals surface area contributed by atoms with Gasteiger partial charge in [-0.05, 0) is 74.8 Å². The van der Waals surface area contributed by atoms with Crippen LogP contribution >= 0.6 is 35.6 Å². The summed E-state index contributed by atoms with van der Waals surface area (Å²) in [6.07, 6.45) is 1.49. The highest BCUT2D eigenvalue weighted by molar-refractivity contribution is 6.42. The Morgan fingerprint density at radius 2 is 1.45 bits per heavy atom. The van der Waals surface area contributed by atoms with Gasteiger partial charge in [-0.3, -0.25) is 14.5 Å². The van der Waals surface area contributed by atoms with E-state index in [9.17, 15) is 19.5 Å². The van der Waals surface area contributed by atoms with Gasteiger partial charge in [0.2, 0.25) is 5.75 Å². The molecule has 3 atom stereocenters. The summed E-state index contributed by atoms with van der Waals surface area (Å²) in [5.74, 6) is 0.173. The molecule has 3 unspecified atom stereocenters. The SMILES string of the molecule is CCN1CCC(C(=O)O)(c2ccccc2)CC1C1(c2ccc(Cl)c(Cl)c2)CCN(C(=O)c2cc(OC)c(OC)c(OC)c2)C1.CN1CCN(C(N)=O)CC1.Cl. The highest BCUT2D eigenvalue weighted by Gasteiger charge is 2.56. The third kappa shape index (κ3) is 9.05. The van der Waals surface area contributed by atoms with Crippen LogP contribution in [-0.2, 0) is 15.6 Å². The number of nitrogens with zero attached hydrogens (tertiary/aromatic N) is 4. The molecule has 0 aliphatic carbocycles. The van der Waals surface area contributed by atoms with E-state index in [2.05, 4.69) is 16.7 Å². The van der Waals surface area contributed by atoms with Crippen molar-refractivity contribution < 1.29 is 33.7 Å². The van der Waals surface area contributed by atoms with Crippen LogP contribution in [0.3, 0.4) is 0 Å². The van der Waals surface area contributed by atoms with E-state index in [-0.39, 0.29) is 30.4 Å². The molecule has 3 amide bonds. The first-order valence-corrected chi connectivity index (χ1v) is 18.9. The highest BCUT2D eigenvalue weighted by atomic mass is 35.5. The van der Waals surface area contributed by atoms with Crippen molar-refractivity contribution in [2.24, 2.45) is 5.73 Å². The number of halogens is 3. The van der Waals surface area contributed by atoms with Gasteiger partial charge in [0.05, 0.1) is 36.8 Å². The van der Waals surface area contributed by atoms with Crippen LogP contribution in [0, 0.1) is 0 Å². The molecule has 0 bridgehead atoms. The number of nitrogens with two attached hydrogens (primary N) is 1. The zero-order valence-electron chi connectivity index (χ0n) is 32.1. The Morgan fingerprint density at radius 1 is 0.818 bits per heavy atom. The molecular formula is C40H52Cl3N5O7. The van der Waals surface area contributed by atoms with Crippen molar-refractivity contribution >= 4 is 53.5 Å². The number of hydrogen-bond acceptors (Lipinski definition) is 8. The van der Waals surface area contributed by atoms with Gasteiger partial charge < -0.3 is 39.8 Å². The largest absolute Gasteiger partial charge is 0.493 e. The van der Waals surface area contributed by atoms with Crippen LogP contribution in [0.25, 0.3) is 0 Å². The van der Waals surface area contributed by atoms with Crippen molar-refractivity contribution in [3.05, 3.63) is 87.4 Å². The van der Waals surface area contributed by atoms with Crippen LogP contribution < -0.4 is 19.9 Å². The van der Waals surface area contributed by atoms with Crippen LogP contribution in [0.1, 0.15) is 47.7 Å². The monoisotopic (exact) mass is 819 g/mol. The van der Waals surface area contributed by atoms with Crippen molar-refractivity contribution in [1.82, 2.24) is 19.6 Å². The molecule has 55 heavy (non-hydrogen) atoms. The minimum absolute atomic E-state index is 0. The molecule has 3 N–H and O–H groups in total. The van der Waals surface area contributed by atoms with Crippen molar-refractivity contribution in [2.45, 2.75) is 43.1 Å². The van der Waals surface area contributed by atoms with Gasteiger partial charge in [-0.2, -0.15) is 0 Å². The van der Waals surface area contributed by atoms with Gasteiger partial charge in [0.25, 0.3) is 5.91 Å². The summed E-state index contributed by atoms with van der Waals surface area (Å²) in [7, 11) is 6.59. The summed E-state index contributed by atoms with van der Waals surface area (Å²) < 4.78 is 16.5. The Labute approximate surface area is 339 Å². The maximum absolute atomic E-state index is 14.1. The molecule has 12 nitrogen and oxygen atoms in total. The van der Waals surface area contributed by atoms with E-state index in [0.717, 1.165) is 43.9 Å². The van der Waals surface area contributed by atoms with Gasteiger partial charge in [0, 0.05) is 56.3 Å². The fourth-order valence-corrected chi connectivity index (χ4v) is 8.54. The number of piperidine rings is 1. The molecule has 0 saturated carbocycles. The number of hydrogen-bond donors (Lipinski definition) is 2. The summed E-state index contributed by atoms with van der Waals surface area (Å²) in [5.41, 5.74) is 5.53. The number of amides is 3. The predicted octanol–water partition coefficient (Wildman–Crippen LogP) is 6.04. The molecule has 0 radical (unpaired) electrons. The van der Waals surface area contributed by atoms with Crippen LogP contribution in [-0.4, -0.2) is 129 Å². The van der Waals surface area contributed by atoms with E-state index in [1.807, 2.05) is 54.4 Å². The first-order chi connectivity index (χ1) is 25.8. The van der Waals surface area contributed by atoms with Gasteiger partial charge in [-0.15, -0.1) is 12.4 Å². The van der Waals surface area contributed by atoms with E-state index >= 15 is 0 Å². The zero-order chi connectivity index (χ0) is 39.2. The smallest absolute Gasteiger partial charge is 0.314 e. The Kier molecular flexibility index (Phi) is 15.0. The van der Waals surface area contributed by atoms with Crippen molar-refractivity contribution in [3.63, 3.8) is 0 Å². The molecule has 3 fully saturated rings. The number of aliphatic carboxylic acids is 1. The van der Waals surface area contributed by atoms with Crippen LogP contribution in [0.15, 0.2) is 60.7 Å². The summed E-state index contributed by atoms with van der Waals surface area (Å²) in [6, 6.07) is 18.0. The molecule has 3 aromatic carbocycles. The maximum Gasteiger partial charge on any atom is 0.314 e. The van der Waals surface area contributed by atoms with Gasteiger partial charge in [-0.25, -0.2) is 4.79 Å². The molecule has 3 saturated heterocycles. The normalized spacial score (nSPS) is 22.9. The Hall–Kier alpha value is -3.94. The lowest BCUT2D eigenvalue weighted by Gasteiger charge is -2.52. The minimum atomic E-state index is -1.07. The lowest BCUT2D eigenvalue weighted by atomic mass is 9.62. The van der Waals surface area contributed by atoms with Gasteiger partial charge in [-0.1, -0.05) is 66.5 Å². The second-order valence-electron chi connectivity index (χ2n) is 14.2. The first-order valence-electron chi connectivity index (χ1n) is 18.1. The van der Waals surface area contributed by atoms with Crippen molar-refractivity contribution in [2.75, 3.05) is 80.7 Å². The van der Waals surface area contributed by atoms with E-state index in [1.54, 1.807) is 23.1 Å². The van der Waals surface area contributed by atoms with Crippen LogP contribution in [0.5, 0.6) is 17.2 Å². The quantitative estimate of drug-likeness (QED) is 0.265. The van der Waals surface area contributed by atoms with E-state index < -0.39 is 16.8 Å². The number of primary amides is 1. The first kappa shape index (κ1) is 43.8. The number of ether oxygens (including phenoxy) is 3. The Morgan fingerprint density at radius 3 is 1.98 bits per heavy atom. The van der Waals surface area contributed by atoms with Gasteiger partial charge >= 0.3 is 12.0 Å². The number of carbonyl (C=O) groups is 3. The molecule has 6 rings (SSSR count). The number of benzene rings is 3. The van der Waals surface area contributed by atoms with Gasteiger partial charge in [0.1, 0.15) is 0 Å². The summed E-state index contributed by atoms with van der Waals surface area (Å²) >= 11 is 13.0. The predicted molar refractivity (Wildman–Crippen MR) is 217 cm³/mol. The summed E-state index contributed by atoms with van der Waals surface area (Å²) in [4.78, 5) is 45.9. The number of urea groups is 1. The van der Waals surface area contributed by atoms with Crippen molar-refractivity contribution in [1.29, 1.82) is 0 Å². The number of carboxylic acids is 1. The fourth-order valence-electron chi connectivity index (χ4n) is 8.24. The van der Waals surface area contributed by atoms with Crippen LogP contribution in [0.2, 0.25) is 10.0 Å². The van der Waals surface area contributed by atoms with Crippen molar-refractivity contribution in [3.8, 4) is 17.2 Å².